The fourth-order valence-electron chi connectivity index (χ4n) is 6.50. The van der Waals surface area contributed by atoms with Crippen molar-refractivity contribution in [3.8, 4) is 0 Å². The Kier molecular flexibility index (Phi) is 6.04. The van der Waals surface area contributed by atoms with Gasteiger partial charge in [-0.15, -0.1) is 0 Å². The van der Waals surface area contributed by atoms with Gasteiger partial charge in [0, 0.05) is 75.2 Å². The number of fused-ring (bicyclic) bond motifs is 4. The van der Waals surface area contributed by atoms with E-state index in [4.69, 9.17) is 16.6 Å². The van der Waals surface area contributed by atoms with Crippen molar-refractivity contribution in [2.45, 2.75) is 31.7 Å². The summed E-state index contributed by atoms with van der Waals surface area (Å²) in [7, 11) is 0. The molecule has 3 atom stereocenters. The molecule has 0 aliphatic carbocycles. The second kappa shape index (κ2) is 9.34. The molecule has 1 aromatic heterocycles. The summed E-state index contributed by atoms with van der Waals surface area (Å²) in [5.41, 5.74) is 1.79. The summed E-state index contributed by atoms with van der Waals surface area (Å²) in [6.07, 6.45) is 5.81. The van der Waals surface area contributed by atoms with Crippen molar-refractivity contribution in [1.29, 1.82) is 0 Å². The number of anilines is 2. The lowest BCUT2D eigenvalue weighted by atomic mass is 9.76. The number of carbonyl (C=O) groups excluding carboxylic acids is 2. The van der Waals surface area contributed by atoms with E-state index in [2.05, 4.69) is 14.7 Å². The molecular formula is C27H32ClN5O2. The third-order valence-electron chi connectivity index (χ3n) is 8.26. The van der Waals surface area contributed by atoms with Gasteiger partial charge in [-0.3, -0.25) is 9.59 Å². The Morgan fingerprint density at radius 3 is 2.49 bits per heavy atom. The maximum absolute atomic E-state index is 13.1. The molecule has 4 aliphatic rings. The normalized spacial score (nSPS) is 26.5. The van der Waals surface area contributed by atoms with Crippen LogP contribution in [-0.2, 0) is 4.79 Å². The van der Waals surface area contributed by atoms with Gasteiger partial charge in [0.2, 0.25) is 5.91 Å². The van der Waals surface area contributed by atoms with E-state index in [0.717, 1.165) is 62.1 Å². The van der Waals surface area contributed by atoms with Crippen LogP contribution in [0.15, 0.2) is 42.6 Å². The molecule has 0 spiro atoms. The van der Waals surface area contributed by atoms with E-state index >= 15 is 0 Å². The van der Waals surface area contributed by atoms with Crippen LogP contribution in [0, 0.1) is 11.8 Å². The molecule has 0 saturated carbocycles. The summed E-state index contributed by atoms with van der Waals surface area (Å²) < 4.78 is 0. The fourth-order valence-corrected chi connectivity index (χ4v) is 6.62. The second-order valence-electron chi connectivity index (χ2n) is 10.4. The van der Waals surface area contributed by atoms with Crippen LogP contribution in [0.25, 0.3) is 0 Å². The van der Waals surface area contributed by atoms with Gasteiger partial charge in [0.05, 0.1) is 5.56 Å². The number of piperazine rings is 1. The number of nitrogens with zero attached hydrogens (tertiary/aromatic N) is 5. The average Bonchev–Trinajstić information content (AvgIpc) is 2.89. The molecule has 6 rings (SSSR count). The van der Waals surface area contributed by atoms with E-state index in [9.17, 15) is 9.59 Å². The van der Waals surface area contributed by atoms with Crippen LogP contribution in [0.2, 0.25) is 5.02 Å². The summed E-state index contributed by atoms with van der Waals surface area (Å²) in [4.78, 5) is 39.0. The van der Waals surface area contributed by atoms with Crippen molar-refractivity contribution in [3.63, 3.8) is 0 Å². The Morgan fingerprint density at radius 2 is 1.74 bits per heavy atom. The third kappa shape index (κ3) is 4.46. The molecule has 8 heteroatoms. The zero-order valence-electron chi connectivity index (χ0n) is 20.0. The van der Waals surface area contributed by atoms with E-state index in [-0.39, 0.29) is 5.91 Å². The molecule has 0 radical (unpaired) electrons. The van der Waals surface area contributed by atoms with Crippen molar-refractivity contribution < 1.29 is 9.59 Å². The lowest BCUT2D eigenvalue weighted by molar-refractivity contribution is -0.142. The van der Waals surface area contributed by atoms with Crippen LogP contribution in [0.3, 0.4) is 0 Å². The molecule has 2 aromatic rings. The SMILES string of the molecule is O=C(c1ccc(N2C[C@H]3C[C@H](C2)[C@H]2CCCC(=O)N2C3)nc1)N1CCN(c2ccc(Cl)cc2)CC1. The van der Waals surface area contributed by atoms with Crippen LogP contribution in [0.1, 0.15) is 36.0 Å². The third-order valence-corrected chi connectivity index (χ3v) is 8.51. The molecule has 4 saturated heterocycles. The van der Waals surface area contributed by atoms with Crippen molar-refractivity contribution in [2.24, 2.45) is 11.8 Å². The maximum Gasteiger partial charge on any atom is 0.255 e. The van der Waals surface area contributed by atoms with Gasteiger partial charge in [-0.1, -0.05) is 11.6 Å². The number of hydrogen-bond donors (Lipinski definition) is 0. The summed E-state index contributed by atoms with van der Waals surface area (Å²) in [6, 6.07) is 12.2. The minimum Gasteiger partial charge on any atom is -0.368 e. The van der Waals surface area contributed by atoms with Crippen LogP contribution in [0.5, 0.6) is 0 Å². The first-order valence-corrected chi connectivity index (χ1v) is 13.2. The Labute approximate surface area is 211 Å². The minimum atomic E-state index is 0.0479. The van der Waals surface area contributed by atoms with Crippen LogP contribution >= 0.6 is 11.6 Å². The van der Waals surface area contributed by atoms with Crippen LogP contribution < -0.4 is 9.80 Å². The Balaban J connectivity index is 1.07. The fraction of sp³-hybridized carbons (Fsp3) is 0.519. The first-order chi connectivity index (χ1) is 17.0. The highest BCUT2D eigenvalue weighted by Crippen LogP contribution is 2.38. The summed E-state index contributed by atoms with van der Waals surface area (Å²) in [5.74, 6) is 2.37. The number of rotatable bonds is 3. The second-order valence-corrected chi connectivity index (χ2v) is 10.9. The zero-order valence-corrected chi connectivity index (χ0v) is 20.7. The number of aromatic nitrogens is 1. The van der Waals surface area contributed by atoms with Crippen molar-refractivity contribution in [2.75, 3.05) is 55.6 Å². The molecule has 4 fully saturated rings. The highest BCUT2D eigenvalue weighted by molar-refractivity contribution is 6.30. The smallest absolute Gasteiger partial charge is 0.255 e. The van der Waals surface area contributed by atoms with E-state index in [1.807, 2.05) is 41.3 Å². The quantitative estimate of drug-likeness (QED) is 0.654. The van der Waals surface area contributed by atoms with Crippen molar-refractivity contribution >= 4 is 34.9 Å². The number of amides is 2. The topological polar surface area (TPSA) is 60.0 Å². The maximum atomic E-state index is 13.1. The van der Waals surface area contributed by atoms with Gasteiger partial charge in [0.15, 0.2) is 0 Å². The molecule has 1 aromatic carbocycles. The number of piperidine rings is 3. The number of hydrogen-bond acceptors (Lipinski definition) is 5. The van der Waals surface area contributed by atoms with Gasteiger partial charge in [-0.25, -0.2) is 4.98 Å². The molecule has 2 bridgehead atoms. The molecule has 0 N–H and O–H groups in total. The van der Waals surface area contributed by atoms with Gasteiger partial charge in [-0.2, -0.15) is 0 Å². The lowest BCUT2D eigenvalue weighted by Crippen LogP contribution is -2.60. The van der Waals surface area contributed by atoms with E-state index in [1.54, 1.807) is 6.20 Å². The van der Waals surface area contributed by atoms with E-state index < -0.39 is 0 Å². The van der Waals surface area contributed by atoms with Gasteiger partial charge in [0.1, 0.15) is 5.82 Å². The molecule has 5 heterocycles. The number of halogens is 1. The average molecular weight is 494 g/mol. The summed E-state index contributed by atoms with van der Waals surface area (Å²) >= 11 is 6.01. The van der Waals surface area contributed by atoms with Gasteiger partial charge < -0.3 is 19.6 Å². The van der Waals surface area contributed by atoms with Crippen molar-refractivity contribution in [1.82, 2.24) is 14.8 Å². The van der Waals surface area contributed by atoms with Crippen LogP contribution in [-0.4, -0.2) is 78.5 Å². The first kappa shape index (κ1) is 22.7. The van der Waals surface area contributed by atoms with Gasteiger partial charge in [0.25, 0.3) is 5.91 Å². The standard InChI is InChI=1S/C27H32ClN5O2/c28-22-5-7-23(8-6-22)30-10-12-31(13-11-30)27(35)20-4-9-25(29-15-20)32-16-19-14-21(18-32)24-2-1-3-26(34)33(24)17-19/h4-9,15,19,21,24H,1-3,10-14,16-18H2/t19-,21-,24-/m1/s1. The highest BCUT2D eigenvalue weighted by atomic mass is 35.5. The first-order valence-electron chi connectivity index (χ1n) is 12.9. The molecule has 4 aliphatic heterocycles. The predicted molar refractivity (Wildman–Crippen MR) is 137 cm³/mol. The molecule has 2 amide bonds. The molecular weight excluding hydrogens is 462 g/mol. The molecule has 7 nitrogen and oxygen atoms in total. The minimum absolute atomic E-state index is 0.0479. The molecule has 35 heavy (non-hydrogen) atoms. The van der Waals surface area contributed by atoms with E-state index in [1.165, 1.54) is 6.42 Å². The van der Waals surface area contributed by atoms with Crippen LogP contribution in [0.4, 0.5) is 11.5 Å². The Bertz CT molecular complexity index is 1080. The summed E-state index contributed by atoms with van der Waals surface area (Å²) in [6.45, 7) is 5.74. The molecule has 184 valence electrons. The van der Waals surface area contributed by atoms with Crippen molar-refractivity contribution in [3.05, 3.63) is 53.2 Å². The monoisotopic (exact) mass is 493 g/mol. The Morgan fingerprint density at radius 1 is 0.943 bits per heavy atom. The van der Waals surface area contributed by atoms with E-state index in [0.29, 0.717) is 48.9 Å². The lowest BCUT2D eigenvalue weighted by Gasteiger charge is -2.52. The summed E-state index contributed by atoms with van der Waals surface area (Å²) in [5, 5.41) is 0.734. The zero-order chi connectivity index (χ0) is 23.9. The number of pyridine rings is 1. The predicted octanol–water partition coefficient (Wildman–Crippen LogP) is 3.53. The Hall–Kier alpha value is -2.80. The number of carbonyl (C=O) groups is 2. The largest absolute Gasteiger partial charge is 0.368 e. The molecule has 0 unspecified atom stereocenters. The van der Waals surface area contributed by atoms with Gasteiger partial charge in [-0.05, 0) is 67.5 Å². The highest BCUT2D eigenvalue weighted by Gasteiger charge is 2.44. The number of benzene rings is 1. The van der Waals surface area contributed by atoms with Gasteiger partial charge >= 0.3 is 0 Å².